The number of hydrogen-bond acceptors (Lipinski definition) is 4. The van der Waals surface area contributed by atoms with E-state index in [1.54, 1.807) is 18.2 Å². The number of benzene rings is 2. The minimum absolute atomic E-state index is 0.101. The van der Waals surface area contributed by atoms with Crippen LogP contribution < -0.4 is 10.3 Å². The summed E-state index contributed by atoms with van der Waals surface area (Å²) in [7, 11) is 0. The Balaban J connectivity index is 1.51. The molecule has 0 atom stereocenters. The van der Waals surface area contributed by atoms with Crippen molar-refractivity contribution in [3.63, 3.8) is 0 Å². The highest BCUT2D eigenvalue weighted by Gasteiger charge is 2.03. The van der Waals surface area contributed by atoms with Crippen LogP contribution in [0.2, 0.25) is 5.02 Å². The Bertz CT molecular complexity index is 849. The topological polar surface area (TPSA) is 55.0 Å². The number of ether oxygens (including phenoxy) is 1. The normalized spacial score (nSPS) is 10.8. The molecule has 3 rings (SSSR count). The summed E-state index contributed by atoms with van der Waals surface area (Å²) in [4.78, 5) is 19.2. The van der Waals surface area contributed by atoms with E-state index < -0.39 is 0 Å². The Morgan fingerprint density at radius 3 is 2.74 bits per heavy atom. The fraction of sp³-hybridized carbons (Fsp3) is 0.176. The first kappa shape index (κ1) is 15.9. The number of nitrogens with zero attached hydrogens (tertiary/aromatic N) is 1. The number of hydrogen-bond donors (Lipinski definition) is 1. The van der Waals surface area contributed by atoms with Crippen LogP contribution in [-0.4, -0.2) is 22.3 Å². The van der Waals surface area contributed by atoms with Crippen molar-refractivity contribution >= 4 is 34.3 Å². The molecular formula is C17H15ClN2O2S. The molecule has 1 N–H and O–H groups in total. The first-order valence-electron chi connectivity index (χ1n) is 7.22. The molecule has 3 aromatic rings. The lowest BCUT2D eigenvalue weighted by Gasteiger charge is -2.06. The maximum Gasteiger partial charge on any atom is 0.259 e. The van der Waals surface area contributed by atoms with Gasteiger partial charge in [0.1, 0.15) is 5.75 Å². The van der Waals surface area contributed by atoms with Crippen molar-refractivity contribution in [3.8, 4) is 5.75 Å². The standard InChI is InChI=1S/C17H15ClN2O2S/c18-12-6-8-13(9-7-12)22-10-3-11-23-17-19-15-5-2-1-4-14(15)16(21)20-17/h1-2,4-9H,3,10-11H2,(H,19,20,21). The first-order chi connectivity index (χ1) is 11.2. The molecule has 0 saturated carbocycles. The van der Waals surface area contributed by atoms with Gasteiger partial charge in [-0.3, -0.25) is 4.79 Å². The van der Waals surface area contributed by atoms with Crippen molar-refractivity contribution in [2.45, 2.75) is 11.6 Å². The maximum atomic E-state index is 12.0. The fourth-order valence-electron chi connectivity index (χ4n) is 2.08. The van der Waals surface area contributed by atoms with E-state index in [1.807, 2.05) is 30.3 Å². The number of nitrogens with one attached hydrogen (secondary N) is 1. The van der Waals surface area contributed by atoms with Gasteiger partial charge < -0.3 is 9.72 Å². The van der Waals surface area contributed by atoms with Crippen LogP contribution in [0.5, 0.6) is 5.75 Å². The predicted octanol–water partition coefficient (Wildman–Crippen LogP) is 4.14. The highest BCUT2D eigenvalue weighted by atomic mass is 35.5. The SMILES string of the molecule is O=c1[nH]c(SCCCOc2ccc(Cl)cc2)nc2ccccc12. The maximum absolute atomic E-state index is 12.0. The van der Waals surface area contributed by atoms with Gasteiger partial charge in [-0.2, -0.15) is 0 Å². The van der Waals surface area contributed by atoms with Gasteiger partial charge in [0, 0.05) is 10.8 Å². The predicted molar refractivity (Wildman–Crippen MR) is 94.7 cm³/mol. The van der Waals surface area contributed by atoms with E-state index in [1.165, 1.54) is 11.8 Å². The van der Waals surface area contributed by atoms with Gasteiger partial charge in [-0.05, 0) is 42.8 Å². The second kappa shape index (κ2) is 7.53. The number of aromatic amines is 1. The zero-order valence-corrected chi connectivity index (χ0v) is 13.9. The molecule has 23 heavy (non-hydrogen) atoms. The second-order valence-electron chi connectivity index (χ2n) is 4.89. The first-order valence-corrected chi connectivity index (χ1v) is 8.59. The van der Waals surface area contributed by atoms with Gasteiger partial charge >= 0.3 is 0 Å². The number of fused-ring (bicyclic) bond motifs is 1. The van der Waals surface area contributed by atoms with E-state index in [2.05, 4.69) is 9.97 Å². The summed E-state index contributed by atoms with van der Waals surface area (Å²) < 4.78 is 5.63. The van der Waals surface area contributed by atoms with Gasteiger partial charge in [0.15, 0.2) is 5.16 Å². The highest BCUT2D eigenvalue weighted by molar-refractivity contribution is 7.99. The number of para-hydroxylation sites is 1. The average molecular weight is 347 g/mol. The lowest BCUT2D eigenvalue weighted by Crippen LogP contribution is -2.09. The van der Waals surface area contributed by atoms with E-state index >= 15 is 0 Å². The fourth-order valence-corrected chi connectivity index (χ4v) is 2.99. The Hall–Kier alpha value is -1.98. The van der Waals surface area contributed by atoms with E-state index in [-0.39, 0.29) is 5.56 Å². The number of H-pyrrole nitrogens is 1. The van der Waals surface area contributed by atoms with Crippen molar-refractivity contribution in [1.82, 2.24) is 9.97 Å². The Labute approximate surface area is 142 Å². The third kappa shape index (κ3) is 4.27. The van der Waals surface area contributed by atoms with Gasteiger partial charge in [-0.15, -0.1) is 0 Å². The minimum Gasteiger partial charge on any atom is -0.494 e. The Morgan fingerprint density at radius 1 is 1.13 bits per heavy atom. The molecule has 1 heterocycles. The molecule has 0 unspecified atom stereocenters. The van der Waals surface area contributed by atoms with Gasteiger partial charge in [-0.1, -0.05) is 35.5 Å². The summed E-state index contributed by atoms with van der Waals surface area (Å²) >= 11 is 7.34. The lowest BCUT2D eigenvalue weighted by molar-refractivity contribution is 0.318. The van der Waals surface area contributed by atoms with Gasteiger partial charge in [-0.25, -0.2) is 4.98 Å². The summed E-state index contributed by atoms with van der Waals surface area (Å²) in [6, 6.07) is 14.6. The molecule has 0 amide bonds. The summed E-state index contributed by atoms with van der Waals surface area (Å²) in [5.41, 5.74) is 0.617. The quantitative estimate of drug-likeness (QED) is 0.414. The zero-order chi connectivity index (χ0) is 16.1. The molecule has 0 aliphatic rings. The molecule has 0 fully saturated rings. The summed E-state index contributed by atoms with van der Waals surface area (Å²) in [6.45, 7) is 0.604. The smallest absolute Gasteiger partial charge is 0.259 e. The number of aromatic nitrogens is 2. The van der Waals surface area contributed by atoms with Crippen LogP contribution in [0.1, 0.15) is 6.42 Å². The molecule has 0 saturated heterocycles. The van der Waals surface area contributed by atoms with Crippen LogP contribution >= 0.6 is 23.4 Å². The third-order valence-corrected chi connectivity index (χ3v) is 4.41. The van der Waals surface area contributed by atoms with Gasteiger partial charge in [0.05, 0.1) is 17.5 Å². The van der Waals surface area contributed by atoms with Gasteiger partial charge in [0.2, 0.25) is 0 Å². The van der Waals surface area contributed by atoms with E-state index in [0.29, 0.717) is 22.2 Å². The van der Waals surface area contributed by atoms with Crippen molar-refractivity contribution in [3.05, 3.63) is 63.9 Å². The Kier molecular flexibility index (Phi) is 5.20. The average Bonchev–Trinajstić information content (AvgIpc) is 2.56. The van der Waals surface area contributed by atoms with Crippen molar-refractivity contribution in [2.24, 2.45) is 0 Å². The molecular weight excluding hydrogens is 332 g/mol. The number of rotatable bonds is 6. The van der Waals surface area contributed by atoms with Crippen molar-refractivity contribution in [1.29, 1.82) is 0 Å². The molecule has 4 nitrogen and oxygen atoms in total. The van der Waals surface area contributed by atoms with E-state index in [9.17, 15) is 4.79 Å². The van der Waals surface area contributed by atoms with Gasteiger partial charge in [0.25, 0.3) is 5.56 Å². The molecule has 0 aliphatic heterocycles. The van der Waals surface area contributed by atoms with Crippen LogP contribution in [0.3, 0.4) is 0 Å². The number of halogens is 1. The van der Waals surface area contributed by atoms with E-state index in [0.717, 1.165) is 23.4 Å². The van der Waals surface area contributed by atoms with Crippen LogP contribution in [0.25, 0.3) is 10.9 Å². The highest BCUT2D eigenvalue weighted by Crippen LogP contribution is 2.17. The molecule has 1 aromatic heterocycles. The molecule has 118 valence electrons. The second-order valence-corrected chi connectivity index (χ2v) is 6.41. The molecule has 0 spiro atoms. The van der Waals surface area contributed by atoms with Crippen LogP contribution in [0.15, 0.2) is 58.5 Å². The van der Waals surface area contributed by atoms with Crippen molar-refractivity contribution in [2.75, 3.05) is 12.4 Å². The molecule has 2 aromatic carbocycles. The largest absolute Gasteiger partial charge is 0.494 e. The van der Waals surface area contributed by atoms with Crippen LogP contribution in [-0.2, 0) is 0 Å². The molecule has 0 bridgehead atoms. The van der Waals surface area contributed by atoms with Crippen LogP contribution in [0, 0.1) is 0 Å². The lowest BCUT2D eigenvalue weighted by atomic mass is 10.2. The summed E-state index contributed by atoms with van der Waals surface area (Å²) in [5.74, 6) is 1.62. The van der Waals surface area contributed by atoms with E-state index in [4.69, 9.17) is 16.3 Å². The number of thioether (sulfide) groups is 1. The third-order valence-electron chi connectivity index (χ3n) is 3.20. The summed E-state index contributed by atoms with van der Waals surface area (Å²) in [5, 5.41) is 1.95. The Morgan fingerprint density at radius 2 is 1.91 bits per heavy atom. The molecule has 0 radical (unpaired) electrons. The summed E-state index contributed by atoms with van der Waals surface area (Å²) in [6.07, 6.45) is 0.851. The molecule has 6 heteroatoms. The van der Waals surface area contributed by atoms with Crippen LogP contribution in [0.4, 0.5) is 0 Å². The minimum atomic E-state index is -0.101. The zero-order valence-electron chi connectivity index (χ0n) is 12.3. The van der Waals surface area contributed by atoms with Crippen molar-refractivity contribution < 1.29 is 4.74 Å². The molecule has 0 aliphatic carbocycles. The monoisotopic (exact) mass is 346 g/mol.